The third kappa shape index (κ3) is 2.50. The molecule has 0 saturated carbocycles. The number of rotatable bonds is 3. The lowest BCUT2D eigenvalue weighted by Crippen LogP contribution is -2.38. The van der Waals surface area contributed by atoms with Crippen LogP contribution in [0.5, 0.6) is 0 Å². The number of aromatic nitrogens is 1. The quantitative estimate of drug-likeness (QED) is 0.816. The van der Waals surface area contributed by atoms with Gasteiger partial charge in [-0.25, -0.2) is 4.79 Å². The molecule has 1 atom stereocenters. The van der Waals surface area contributed by atoms with Gasteiger partial charge in [0.15, 0.2) is 6.61 Å². The summed E-state index contributed by atoms with van der Waals surface area (Å²) in [7, 11) is 1.76. The van der Waals surface area contributed by atoms with Crippen LogP contribution in [0.2, 0.25) is 0 Å². The molecule has 1 amide bonds. The van der Waals surface area contributed by atoms with Crippen LogP contribution in [0.3, 0.4) is 0 Å². The lowest BCUT2D eigenvalue weighted by Gasteiger charge is -2.22. The van der Waals surface area contributed by atoms with Gasteiger partial charge in [0.1, 0.15) is 5.69 Å². The minimum atomic E-state index is -0.485. The third-order valence-corrected chi connectivity index (χ3v) is 3.96. The van der Waals surface area contributed by atoms with E-state index in [1.807, 2.05) is 31.2 Å². The van der Waals surface area contributed by atoms with Crippen molar-refractivity contribution in [3.63, 3.8) is 0 Å². The largest absolute Gasteiger partial charge is 0.451 e. The van der Waals surface area contributed by atoms with Gasteiger partial charge in [0.05, 0.1) is 0 Å². The molecule has 0 bridgehead atoms. The van der Waals surface area contributed by atoms with Gasteiger partial charge in [-0.2, -0.15) is 0 Å². The van der Waals surface area contributed by atoms with Gasteiger partial charge >= 0.3 is 5.97 Å². The average molecular weight is 298 g/mol. The van der Waals surface area contributed by atoms with Crippen molar-refractivity contribution >= 4 is 17.6 Å². The first-order valence-electron chi connectivity index (χ1n) is 7.26. The highest BCUT2D eigenvalue weighted by Gasteiger charge is 2.31. The number of carbonyl (C=O) groups excluding carboxylic acids is 2. The van der Waals surface area contributed by atoms with Crippen LogP contribution in [0.25, 0.3) is 0 Å². The van der Waals surface area contributed by atoms with Gasteiger partial charge in [-0.15, -0.1) is 0 Å². The van der Waals surface area contributed by atoms with Crippen molar-refractivity contribution in [1.82, 2.24) is 4.57 Å². The summed E-state index contributed by atoms with van der Waals surface area (Å²) in [6.07, 6.45) is 2.59. The number of benzene rings is 1. The van der Waals surface area contributed by atoms with Gasteiger partial charge < -0.3 is 14.2 Å². The number of anilines is 1. The van der Waals surface area contributed by atoms with E-state index in [-0.39, 0.29) is 18.6 Å². The summed E-state index contributed by atoms with van der Waals surface area (Å²) in [4.78, 5) is 26.1. The standard InChI is InChI=1S/C17H18N2O3/c1-12-10-13-6-3-4-7-14(13)19(12)16(20)11-22-17(21)15-8-5-9-18(15)2/h3-9,12H,10-11H2,1-2H3/t12-/m1/s1. The number of esters is 1. The van der Waals surface area contributed by atoms with E-state index in [4.69, 9.17) is 4.74 Å². The van der Waals surface area contributed by atoms with Crippen molar-refractivity contribution in [2.45, 2.75) is 19.4 Å². The molecular formula is C17H18N2O3. The van der Waals surface area contributed by atoms with E-state index < -0.39 is 5.97 Å². The predicted molar refractivity (Wildman–Crippen MR) is 82.8 cm³/mol. The predicted octanol–water partition coefficient (Wildman–Crippen LogP) is 2.16. The smallest absolute Gasteiger partial charge is 0.355 e. The molecule has 0 N–H and O–H groups in total. The molecule has 0 spiro atoms. The Bertz CT molecular complexity index is 720. The molecule has 0 saturated heterocycles. The van der Waals surface area contributed by atoms with E-state index in [0.717, 1.165) is 17.7 Å². The maximum atomic E-state index is 12.4. The summed E-state index contributed by atoms with van der Waals surface area (Å²) in [5, 5.41) is 0. The minimum Gasteiger partial charge on any atom is -0.451 e. The highest BCUT2D eigenvalue weighted by atomic mass is 16.5. The molecule has 5 heteroatoms. The van der Waals surface area contributed by atoms with Crippen LogP contribution in [0, 0.1) is 0 Å². The van der Waals surface area contributed by atoms with Crippen LogP contribution < -0.4 is 4.90 Å². The second-order valence-corrected chi connectivity index (χ2v) is 5.53. The molecule has 5 nitrogen and oxygen atoms in total. The normalized spacial score (nSPS) is 16.5. The van der Waals surface area contributed by atoms with E-state index in [2.05, 4.69) is 0 Å². The molecule has 1 aliphatic rings. The molecule has 0 aliphatic carbocycles. The second kappa shape index (κ2) is 5.67. The average Bonchev–Trinajstić information content (AvgIpc) is 3.06. The van der Waals surface area contributed by atoms with Crippen LogP contribution in [0.1, 0.15) is 23.0 Å². The third-order valence-electron chi connectivity index (χ3n) is 3.96. The van der Waals surface area contributed by atoms with E-state index in [1.165, 1.54) is 0 Å². The number of amides is 1. The Labute approximate surface area is 129 Å². The van der Waals surface area contributed by atoms with Crippen LogP contribution >= 0.6 is 0 Å². The molecule has 0 unspecified atom stereocenters. The lowest BCUT2D eigenvalue weighted by molar-refractivity contribution is -0.122. The fraction of sp³-hybridized carbons (Fsp3) is 0.294. The second-order valence-electron chi connectivity index (χ2n) is 5.53. The number of hydrogen-bond donors (Lipinski definition) is 0. The Morgan fingerprint density at radius 1 is 1.23 bits per heavy atom. The molecule has 1 aliphatic heterocycles. The van der Waals surface area contributed by atoms with Crippen molar-refractivity contribution in [3.8, 4) is 0 Å². The van der Waals surface area contributed by atoms with Crippen molar-refractivity contribution < 1.29 is 14.3 Å². The highest BCUT2D eigenvalue weighted by Crippen LogP contribution is 2.31. The van der Waals surface area contributed by atoms with E-state index in [9.17, 15) is 9.59 Å². The zero-order valence-electron chi connectivity index (χ0n) is 12.7. The highest BCUT2D eigenvalue weighted by molar-refractivity contribution is 5.98. The van der Waals surface area contributed by atoms with Crippen LogP contribution in [0.4, 0.5) is 5.69 Å². The van der Waals surface area contributed by atoms with Crippen molar-refractivity contribution in [3.05, 3.63) is 53.9 Å². The summed E-state index contributed by atoms with van der Waals surface area (Å²) in [6.45, 7) is 1.75. The summed E-state index contributed by atoms with van der Waals surface area (Å²) in [5.41, 5.74) is 2.50. The molecule has 22 heavy (non-hydrogen) atoms. The Kier molecular flexibility index (Phi) is 3.71. The van der Waals surface area contributed by atoms with Crippen LogP contribution in [0.15, 0.2) is 42.6 Å². The van der Waals surface area contributed by atoms with Crippen molar-refractivity contribution in [2.24, 2.45) is 7.05 Å². The molecule has 0 fully saturated rings. The van der Waals surface area contributed by atoms with Gasteiger partial charge in [0, 0.05) is 25.0 Å². The van der Waals surface area contributed by atoms with Crippen LogP contribution in [-0.4, -0.2) is 29.1 Å². The zero-order valence-corrected chi connectivity index (χ0v) is 12.7. The number of ether oxygens (including phenoxy) is 1. The first-order valence-corrected chi connectivity index (χ1v) is 7.26. The molecule has 1 aromatic heterocycles. The monoisotopic (exact) mass is 298 g/mol. The summed E-state index contributed by atoms with van der Waals surface area (Å²) < 4.78 is 6.82. The summed E-state index contributed by atoms with van der Waals surface area (Å²) in [5.74, 6) is -0.680. The van der Waals surface area contributed by atoms with E-state index in [1.54, 1.807) is 34.8 Å². The van der Waals surface area contributed by atoms with E-state index >= 15 is 0 Å². The first kappa shape index (κ1) is 14.4. The molecule has 0 radical (unpaired) electrons. The van der Waals surface area contributed by atoms with Gasteiger partial charge in [0.2, 0.25) is 0 Å². The molecule has 2 aromatic rings. The summed E-state index contributed by atoms with van der Waals surface area (Å²) >= 11 is 0. The number of fused-ring (bicyclic) bond motifs is 1. The Morgan fingerprint density at radius 3 is 2.73 bits per heavy atom. The zero-order chi connectivity index (χ0) is 15.7. The van der Waals surface area contributed by atoms with E-state index in [0.29, 0.717) is 5.69 Å². The fourth-order valence-electron chi connectivity index (χ4n) is 2.89. The number of aryl methyl sites for hydroxylation is 1. The van der Waals surface area contributed by atoms with Crippen LogP contribution in [-0.2, 0) is 23.0 Å². The minimum absolute atomic E-state index is 0.0821. The van der Waals surface area contributed by atoms with Crippen molar-refractivity contribution in [2.75, 3.05) is 11.5 Å². The SMILES string of the molecule is C[C@@H]1Cc2ccccc2N1C(=O)COC(=O)c1cccn1C. The Hall–Kier alpha value is -2.56. The molecule has 3 rings (SSSR count). The number of nitrogens with zero attached hydrogens (tertiary/aromatic N) is 2. The van der Waals surface area contributed by atoms with Gasteiger partial charge in [-0.3, -0.25) is 4.79 Å². The van der Waals surface area contributed by atoms with Crippen molar-refractivity contribution in [1.29, 1.82) is 0 Å². The molecular weight excluding hydrogens is 280 g/mol. The summed E-state index contributed by atoms with van der Waals surface area (Å²) in [6, 6.07) is 11.3. The Balaban J connectivity index is 1.68. The van der Waals surface area contributed by atoms with Gasteiger partial charge in [0.25, 0.3) is 5.91 Å². The fourth-order valence-corrected chi connectivity index (χ4v) is 2.89. The first-order chi connectivity index (χ1) is 10.6. The Morgan fingerprint density at radius 2 is 2.00 bits per heavy atom. The number of carbonyl (C=O) groups is 2. The number of para-hydroxylation sites is 1. The maximum Gasteiger partial charge on any atom is 0.355 e. The molecule has 2 heterocycles. The van der Waals surface area contributed by atoms with Gasteiger partial charge in [-0.1, -0.05) is 18.2 Å². The topological polar surface area (TPSA) is 51.5 Å². The molecule has 1 aromatic carbocycles. The molecule has 114 valence electrons. The van der Waals surface area contributed by atoms with Gasteiger partial charge in [-0.05, 0) is 37.1 Å². The maximum absolute atomic E-state index is 12.4. The number of hydrogen-bond acceptors (Lipinski definition) is 3. The lowest BCUT2D eigenvalue weighted by atomic mass is 10.1.